The highest BCUT2D eigenvalue weighted by molar-refractivity contribution is 7.89. The molecule has 2 fully saturated rings. The average Bonchev–Trinajstić information content (AvgIpc) is 2.84. The molecule has 2 heterocycles. The lowest BCUT2D eigenvalue weighted by Gasteiger charge is -2.44. The number of hydrogen-bond donors (Lipinski definition) is 0. The summed E-state index contributed by atoms with van der Waals surface area (Å²) in [6.45, 7) is 1.36. The SMILES string of the molecule is O=C(c1ccccc1)N1CCCC[C@H]1[C@H]1CCCN(S(=O)(=O)c2cccc([N+](=O)[O-])c2)C1. The van der Waals surface area contributed by atoms with Crippen molar-refractivity contribution < 1.29 is 18.1 Å². The Morgan fingerprint density at radius 1 is 0.969 bits per heavy atom. The minimum absolute atomic E-state index is 0.00559. The van der Waals surface area contributed by atoms with E-state index in [0.717, 1.165) is 31.7 Å². The quantitative estimate of drug-likeness (QED) is 0.503. The molecule has 2 saturated heterocycles. The number of likely N-dealkylation sites (tertiary alicyclic amines) is 1. The summed E-state index contributed by atoms with van der Waals surface area (Å²) in [5.74, 6) is 0.0270. The van der Waals surface area contributed by atoms with Crippen LogP contribution < -0.4 is 0 Å². The third-order valence-electron chi connectivity index (χ3n) is 6.46. The Balaban J connectivity index is 1.55. The molecule has 9 heteroatoms. The Morgan fingerprint density at radius 2 is 1.75 bits per heavy atom. The van der Waals surface area contributed by atoms with E-state index >= 15 is 0 Å². The molecule has 4 rings (SSSR count). The summed E-state index contributed by atoms with van der Waals surface area (Å²) in [4.78, 5) is 25.5. The number of hydrogen-bond acceptors (Lipinski definition) is 5. The number of nitro benzene ring substituents is 1. The third kappa shape index (κ3) is 4.54. The largest absolute Gasteiger partial charge is 0.335 e. The van der Waals surface area contributed by atoms with E-state index in [4.69, 9.17) is 0 Å². The van der Waals surface area contributed by atoms with Crippen molar-refractivity contribution in [3.05, 3.63) is 70.3 Å². The van der Waals surface area contributed by atoms with Gasteiger partial charge >= 0.3 is 0 Å². The zero-order valence-corrected chi connectivity index (χ0v) is 18.6. The van der Waals surface area contributed by atoms with Gasteiger partial charge in [0.15, 0.2) is 0 Å². The summed E-state index contributed by atoms with van der Waals surface area (Å²) in [7, 11) is -3.85. The van der Waals surface area contributed by atoms with Crippen LogP contribution in [0.1, 0.15) is 42.5 Å². The minimum Gasteiger partial charge on any atom is -0.335 e. The van der Waals surface area contributed by atoms with Gasteiger partial charge in [-0.15, -0.1) is 0 Å². The molecule has 2 aliphatic rings. The molecule has 32 heavy (non-hydrogen) atoms. The van der Waals surface area contributed by atoms with Crippen LogP contribution in [0.5, 0.6) is 0 Å². The summed E-state index contributed by atoms with van der Waals surface area (Å²) in [5, 5.41) is 11.1. The first-order valence-electron chi connectivity index (χ1n) is 11.0. The molecule has 0 spiro atoms. The molecular formula is C23H27N3O5S. The van der Waals surface area contributed by atoms with Crippen molar-refractivity contribution in [2.24, 2.45) is 5.92 Å². The van der Waals surface area contributed by atoms with Crippen molar-refractivity contribution in [1.29, 1.82) is 0 Å². The monoisotopic (exact) mass is 457 g/mol. The minimum atomic E-state index is -3.85. The maximum Gasteiger partial charge on any atom is 0.270 e. The standard InChI is InChI=1S/C23H27N3O5S/c27-23(18-8-2-1-3-9-18)25-15-5-4-13-22(25)19-10-7-14-24(17-19)32(30,31)21-12-6-11-20(16-21)26(28)29/h1-3,6,8-9,11-12,16,19,22H,4-5,7,10,13-15,17H2/t19-,22-/m0/s1. The first-order valence-corrected chi connectivity index (χ1v) is 12.4. The Kier molecular flexibility index (Phi) is 6.57. The van der Waals surface area contributed by atoms with Crippen LogP contribution in [0.3, 0.4) is 0 Å². The second-order valence-electron chi connectivity index (χ2n) is 8.45. The van der Waals surface area contributed by atoms with Gasteiger partial charge in [0.2, 0.25) is 10.0 Å². The predicted molar refractivity (Wildman–Crippen MR) is 120 cm³/mol. The Bertz CT molecular complexity index is 1090. The number of non-ortho nitro benzene ring substituents is 1. The van der Waals surface area contributed by atoms with E-state index in [1.807, 2.05) is 35.2 Å². The molecule has 2 aromatic rings. The smallest absolute Gasteiger partial charge is 0.270 e. The lowest BCUT2D eigenvalue weighted by Crippen LogP contribution is -2.52. The van der Waals surface area contributed by atoms with Gasteiger partial charge in [0, 0.05) is 43.4 Å². The summed E-state index contributed by atoms with van der Waals surface area (Å²) < 4.78 is 27.9. The maximum atomic E-state index is 13.3. The van der Waals surface area contributed by atoms with Gasteiger partial charge in [0.1, 0.15) is 0 Å². The highest BCUT2D eigenvalue weighted by Crippen LogP contribution is 2.33. The molecule has 0 unspecified atom stereocenters. The molecule has 0 aliphatic carbocycles. The molecule has 8 nitrogen and oxygen atoms in total. The second kappa shape index (κ2) is 9.38. The Morgan fingerprint density at radius 3 is 2.50 bits per heavy atom. The fraction of sp³-hybridized carbons (Fsp3) is 0.435. The van der Waals surface area contributed by atoms with Crippen LogP contribution in [0.15, 0.2) is 59.5 Å². The van der Waals surface area contributed by atoms with Crippen LogP contribution >= 0.6 is 0 Å². The Hall–Kier alpha value is -2.78. The van der Waals surface area contributed by atoms with Gasteiger partial charge in [-0.25, -0.2) is 8.42 Å². The van der Waals surface area contributed by atoms with Gasteiger partial charge in [0.25, 0.3) is 11.6 Å². The lowest BCUT2D eigenvalue weighted by atomic mass is 9.85. The van der Waals surface area contributed by atoms with E-state index < -0.39 is 14.9 Å². The fourth-order valence-corrected chi connectivity index (χ4v) is 6.43. The van der Waals surface area contributed by atoms with Crippen molar-refractivity contribution >= 4 is 21.6 Å². The lowest BCUT2D eigenvalue weighted by molar-refractivity contribution is -0.385. The molecule has 2 aliphatic heterocycles. The molecule has 0 radical (unpaired) electrons. The van der Waals surface area contributed by atoms with E-state index in [2.05, 4.69) is 0 Å². The van der Waals surface area contributed by atoms with Gasteiger partial charge in [-0.2, -0.15) is 4.31 Å². The number of benzene rings is 2. The van der Waals surface area contributed by atoms with Crippen molar-refractivity contribution in [3.8, 4) is 0 Å². The second-order valence-corrected chi connectivity index (χ2v) is 10.4. The number of amides is 1. The highest BCUT2D eigenvalue weighted by Gasteiger charge is 2.38. The summed E-state index contributed by atoms with van der Waals surface area (Å²) in [6.07, 6.45) is 4.36. The van der Waals surface area contributed by atoms with E-state index in [0.29, 0.717) is 31.6 Å². The van der Waals surface area contributed by atoms with Gasteiger partial charge in [-0.3, -0.25) is 14.9 Å². The zero-order chi connectivity index (χ0) is 22.7. The van der Waals surface area contributed by atoms with Crippen LogP contribution in [-0.2, 0) is 10.0 Å². The number of piperidine rings is 2. The molecule has 170 valence electrons. The van der Waals surface area contributed by atoms with E-state index in [1.165, 1.54) is 22.5 Å². The zero-order valence-electron chi connectivity index (χ0n) is 17.8. The number of nitro groups is 1. The van der Waals surface area contributed by atoms with Gasteiger partial charge < -0.3 is 4.90 Å². The van der Waals surface area contributed by atoms with Gasteiger partial charge in [0.05, 0.1) is 9.82 Å². The first kappa shape index (κ1) is 22.4. The van der Waals surface area contributed by atoms with Gasteiger partial charge in [-0.1, -0.05) is 24.3 Å². The van der Waals surface area contributed by atoms with Crippen LogP contribution in [-0.4, -0.2) is 54.1 Å². The normalized spacial score (nSPS) is 22.4. The van der Waals surface area contributed by atoms with Crippen molar-refractivity contribution in [2.75, 3.05) is 19.6 Å². The van der Waals surface area contributed by atoms with Crippen molar-refractivity contribution in [1.82, 2.24) is 9.21 Å². The molecule has 2 atom stereocenters. The summed E-state index contributed by atoms with van der Waals surface area (Å²) >= 11 is 0. The molecule has 0 saturated carbocycles. The number of carbonyl (C=O) groups is 1. The van der Waals surface area contributed by atoms with Crippen molar-refractivity contribution in [3.63, 3.8) is 0 Å². The van der Waals surface area contributed by atoms with Crippen LogP contribution in [0.25, 0.3) is 0 Å². The van der Waals surface area contributed by atoms with Gasteiger partial charge in [-0.05, 0) is 56.2 Å². The molecule has 0 N–H and O–H groups in total. The highest BCUT2D eigenvalue weighted by atomic mass is 32.2. The van der Waals surface area contributed by atoms with Crippen LogP contribution in [0, 0.1) is 16.0 Å². The summed E-state index contributed by atoms with van der Waals surface area (Å²) in [5.41, 5.74) is 0.405. The van der Waals surface area contributed by atoms with E-state index in [1.54, 1.807) is 0 Å². The van der Waals surface area contributed by atoms with Crippen LogP contribution in [0.2, 0.25) is 0 Å². The predicted octanol–water partition coefficient (Wildman–Crippen LogP) is 3.69. The molecular weight excluding hydrogens is 430 g/mol. The van der Waals surface area contributed by atoms with E-state index in [9.17, 15) is 23.3 Å². The number of nitrogens with zero attached hydrogens (tertiary/aromatic N) is 3. The molecule has 0 aromatic heterocycles. The number of rotatable bonds is 5. The molecule has 2 aromatic carbocycles. The summed E-state index contributed by atoms with van der Waals surface area (Å²) in [6, 6.07) is 14.4. The average molecular weight is 458 g/mol. The first-order chi connectivity index (χ1) is 15.4. The fourth-order valence-electron chi connectivity index (χ4n) is 4.86. The topological polar surface area (TPSA) is 101 Å². The number of carbonyl (C=O) groups excluding carboxylic acids is 1. The third-order valence-corrected chi connectivity index (χ3v) is 8.32. The maximum absolute atomic E-state index is 13.3. The Labute approximate surface area is 188 Å². The van der Waals surface area contributed by atoms with E-state index in [-0.39, 0.29) is 28.4 Å². The molecule has 0 bridgehead atoms. The van der Waals surface area contributed by atoms with Crippen molar-refractivity contribution in [2.45, 2.75) is 43.0 Å². The number of sulfonamides is 1. The molecule has 1 amide bonds. The van der Waals surface area contributed by atoms with Crippen LogP contribution in [0.4, 0.5) is 5.69 Å².